The summed E-state index contributed by atoms with van der Waals surface area (Å²) >= 11 is 0. The fourth-order valence-electron chi connectivity index (χ4n) is 1.37. The molecular weight excluding hydrogens is 218 g/mol. The minimum Gasteiger partial charge on any atom is -0.344 e. The van der Waals surface area contributed by atoms with Gasteiger partial charge in [0.25, 0.3) is 0 Å². The van der Waals surface area contributed by atoms with E-state index in [0.717, 1.165) is 6.42 Å². The van der Waals surface area contributed by atoms with Gasteiger partial charge in [-0.15, -0.1) is 0 Å². The first-order chi connectivity index (χ1) is 7.84. The van der Waals surface area contributed by atoms with Gasteiger partial charge in [-0.2, -0.15) is 0 Å². The van der Waals surface area contributed by atoms with E-state index in [2.05, 4.69) is 5.32 Å². The molecule has 5 heteroatoms. The SMILES string of the molecule is CCC(C)[C@H](N)C(=O)NC(C)C(=O)N(C)CC. The molecule has 2 unspecified atom stereocenters. The number of nitrogens with zero attached hydrogens (tertiary/aromatic N) is 1. The van der Waals surface area contributed by atoms with Gasteiger partial charge >= 0.3 is 0 Å². The average Bonchev–Trinajstić information content (AvgIpc) is 2.34. The molecule has 0 spiro atoms. The molecule has 3 atom stereocenters. The van der Waals surface area contributed by atoms with Crippen molar-refractivity contribution < 1.29 is 9.59 Å². The van der Waals surface area contributed by atoms with Crippen molar-refractivity contribution in [3.63, 3.8) is 0 Å². The molecule has 2 amide bonds. The van der Waals surface area contributed by atoms with Gasteiger partial charge in [-0.3, -0.25) is 9.59 Å². The van der Waals surface area contributed by atoms with Crippen LogP contribution in [0.3, 0.4) is 0 Å². The minimum atomic E-state index is -0.554. The summed E-state index contributed by atoms with van der Waals surface area (Å²) in [4.78, 5) is 25.1. The lowest BCUT2D eigenvalue weighted by atomic mass is 9.99. The third-order valence-corrected chi connectivity index (χ3v) is 3.14. The number of nitrogens with two attached hydrogens (primary N) is 1. The summed E-state index contributed by atoms with van der Waals surface area (Å²) in [7, 11) is 1.71. The zero-order valence-electron chi connectivity index (χ0n) is 11.5. The lowest BCUT2D eigenvalue weighted by Crippen LogP contribution is -2.52. The van der Waals surface area contributed by atoms with Gasteiger partial charge in [0.1, 0.15) is 6.04 Å². The molecule has 0 aliphatic carbocycles. The Bertz CT molecular complexity index is 268. The summed E-state index contributed by atoms with van der Waals surface area (Å²) in [6.45, 7) is 8.09. The van der Waals surface area contributed by atoms with Crippen molar-refractivity contribution in [3.05, 3.63) is 0 Å². The molecule has 0 heterocycles. The Kier molecular flexibility index (Phi) is 6.80. The molecule has 100 valence electrons. The van der Waals surface area contributed by atoms with Gasteiger partial charge in [0, 0.05) is 13.6 Å². The Morgan fingerprint density at radius 2 is 1.82 bits per heavy atom. The van der Waals surface area contributed by atoms with Crippen LogP contribution < -0.4 is 11.1 Å². The molecule has 0 fully saturated rings. The zero-order chi connectivity index (χ0) is 13.6. The van der Waals surface area contributed by atoms with Crippen LogP contribution in [-0.2, 0) is 9.59 Å². The molecule has 0 aromatic rings. The number of nitrogens with one attached hydrogen (secondary N) is 1. The van der Waals surface area contributed by atoms with Crippen LogP contribution in [-0.4, -0.2) is 42.4 Å². The van der Waals surface area contributed by atoms with Crippen molar-refractivity contribution in [1.82, 2.24) is 10.2 Å². The fraction of sp³-hybridized carbons (Fsp3) is 0.833. The molecular formula is C12H25N3O2. The molecule has 0 rings (SSSR count). The van der Waals surface area contributed by atoms with Gasteiger partial charge in [-0.05, 0) is 19.8 Å². The van der Waals surface area contributed by atoms with E-state index < -0.39 is 12.1 Å². The van der Waals surface area contributed by atoms with Crippen LogP contribution >= 0.6 is 0 Å². The number of hydrogen-bond acceptors (Lipinski definition) is 3. The van der Waals surface area contributed by atoms with Crippen molar-refractivity contribution in [2.24, 2.45) is 11.7 Å². The van der Waals surface area contributed by atoms with Crippen LogP contribution in [0.1, 0.15) is 34.1 Å². The van der Waals surface area contributed by atoms with Gasteiger partial charge in [-0.1, -0.05) is 20.3 Å². The highest BCUT2D eigenvalue weighted by Crippen LogP contribution is 2.05. The van der Waals surface area contributed by atoms with Crippen LogP contribution in [0.25, 0.3) is 0 Å². The highest BCUT2D eigenvalue weighted by atomic mass is 16.2. The van der Waals surface area contributed by atoms with Crippen molar-refractivity contribution in [2.45, 2.75) is 46.2 Å². The maximum atomic E-state index is 11.8. The maximum Gasteiger partial charge on any atom is 0.244 e. The first-order valence-corrected chi connectivity index (χ1v) is 6.16. The molecule has 0 radical (unpaired) electrons. The predicted octanol–water partition coefficient (Wildman–Crippen LogP) is 0.343. The number of hydrogen-bond donors (Lipinski definition) is 2. The molecule has 0 aliphatic heterocycles. The van der Waals surface area contributed by atoms with Crippen molar-refractivity contribution >= 4 is 11.8 Å². The van der Waals surface area contributed by atoms with Crippen LogP contribution in [0.5, 0.6) is 0 Å². The number of rotatable bonds is 6. The third-order valence-electron chi connectivity index (χ3n) is 3.14. The molecule has 17 heavy (non-hydrogen) atoms. The lowest BCUT2D eigenvalue weighted by Gasteiger charge is -2.23. The molecule has 0 saturated heterocycles. The molecule has 0 aromatic heterocycles. The summed E-state index contributed by atoms with van der Waals surface area (Å²) in [5.41, 5.74) is 5.79. The Hall–Kier alpha value is -1.10. The lowest BCUT2D eigenvalue weighted by molar-refractivity contribution is -0.135. The highest BCUT2D eigenvalue weighted by molar-refractivity contribution is 5.89. The van der Waals surface area contributed by atoms with E-state index in [-0.39, 0.29) is 17.7 Å². The maximum absolute atomic E-state index is 11.8. The van der Waals surface area contributed by atoms with E-state index in [1.165, 1.54) is 0 Å². The molecule has 0 aromatic carbocycles. The van der Waals surface area contributed by atoms with Crippen molar-refractivity contribution in [2.75, 3.05) is 13.6 Å². The molecule has 0 aliphatic rings. The van der Waals surface area contributed by atoms with E-state index in [1.807, 2.05) is 20.8 Å². The van der Waals surface area contributed by atoms with Crippen LogP contribution in [0.4, 0.5) is 0 Å². The second kappa shape index (κ2) is 7.27. The highest BCUT2D eigenvalue weighted by Gasteiger charge is 2.24. The molecule has 5 nitrogen and oxygen atoms in total. The standard InChI is InChI=1S/C12H25N3O2/c1-6-8(3)10(13)11(16)14-9(4)12(17)15(5)7-2/h8-10H,6-7,13H2,1-5H3,(H,14,16)/t8?,9?,10-/m0/s1. The first kappa shape index (κ1) is 15.9. The third kappa shape index (κ3) is 4.73. The first-order valence-electron chi connectivity index (χ1n) is 6.16. The number of likely N-dealkylation sites (N-methyl/N-ethyl adjacent to an activating group) is 1. The van der Waals surface area contributed by atoms with Crippen LogP contribution in [0.15, 0.2) is 0 Å². The monoisotopic (exact) mass is 243 g/mol. The number of carbonyl (C=O) groups is 2. The number of amides is 2. The second-order valence-corrected chi connectivity index (χ2v) is 4.49. The van der Waals surface area contributed by atoms with Gasteiger partial charge in [-0.25, -0.2) is 0 Å². The summed E-state index contributed by atoms with van der Waals surface area (Å²) < 4.78 is 0. The topological polar surface area (TPSA) is 75.4 Å². The summed E-state index contributed by atoms with van der Waals surface area (Å²) in [6.07, 6.45) is 0.839. The van der Waals surface area contributed by atoms with E-state index in [0.29, 0.717) is 6.54 Å². The molecule has 0 bridgehead atoms. The quantitative estimate of drug-likeness (QED) is 0.706. The number of carbonyl (C=O) groups excluding carboxylic acids is 2. The van der Waals surface area contributed by atoms with Crippen LogP contribution in [0, 0.1) is 5.92 Å². The summed E-state index contributed by atoms with van der Waals surface area (Å²) in [5, 5.41) is 2.65. The van der Waals surface area contributed by atoms with Crippen molar-refractivity contribution in [3.8, 4) is 0 Å². The van der Waals surface area contributed by atoms with E-state index >= 15 is 0 Å². The predicted molar refractivity (Wildman–Crippen MR) is 68.3 cm³/mol. The Morgan fingerprint density at radius 1 is 1.29 bits per heavy atom. The largest absolute Gasteiger partial charge is 0.344 e. The summed E-state index contributed by atoms with van der Waals surface area (Å²) in [6, 6.07) is -1.08. The molecule has 0 saturated carbocycles. The van der Waals surface area contributed by atoms with Gasteiger partial charge in [0.2, 0.25) is 11.8 Å². The second-order valence-electron chi connectivity index (χ2n) is 4.49. The average molecular weight is 243 g/mol. The van der Waals surface area contributed by atoms with Crippen LogP contribution in [0.2, 0.25) is 0 Å². The van der Waals surface area contributed by atoms with Gasteiger partial charge in [0.05, 0.1) is 6.04 Å². The normalized spacial score (nSPS) is 15.9. The fourth-order valence-corrected chi connectivity index (χ4v) is 1.37. The Morgan fingerprint density at radius 3 is 2.24 bits per heavy atom. The van der Waals surface area contributed by atoms with E-state index in [4.69, 9.17) is 5.73 Å². The minimum absolute atomic E-state index is 0.0998. The van der Waals surface area contributed by atoms with Gasteiger partial charge in [0.15, 0.2) is 0 Å². The summed E-state index contributed by atoms with van der Waals surface area (Å²) in [5.74, 6) is -0.247. The van der Waals surface area contributed by atoms with E-state index in [9.17, 15) is 9.59 Å². The molecule has 3 N–H and O–H groups in total. The van der Waals surface area contributed by atoms with Gasteiger partial charge < -0.3 is 16.0 Å². The van der Waals surface area contributed by atoms with Crippen molar-refractivity contribution in [1.29, 1.82) is 0 Å². The smallest absolute Gasteiger partial charge is 0.244 e. The Labute approximate surface area is 104 Å². The Balaban J connectivity index is 4.34. The van der Waals surface area contributed by atoms with E-state index in [1.54, 1.807) is 18.9 Å². The zero-order valence-corrected chi connectivity index (χ0v) is 11.5.